The molecule has 1 unspecified atom stereocenters. The Labute approximate surface area is 82.5 Å². The number of nitrogens with zero attached hydrogens (tertiary/aromatic N) is 3. The third-order valence-corrected chi connectivity index (χ3v) is 1.98. The van der Waals surface area contributed by atoms with Gasteiger partial charge >= 0.3 is 0 Å². The van der Waals surface area contributed by atoms with Crippen LogP contribution in [0.1, 0.15) is 32.5 Å². The van der Waals surface area contributed by atoms with E-state index >= 15 is 0 Å². The van der Waals surface area contributed by atoms with Gasteiger partial charge in [0.2, 0.25) is 5.91 Å². The highest BCUT2D eigenvalue weighted by molar-refractivity contribution is 5.78. The van der Waals surface area contributed by atoms with Crippen LogP contribution >= 0.6 is 0 Å². The van der Waals surface area contributed by atoms with Crippen molar-refractivity contribution in [3.05, 3.63) is 5.82 Å². The van der Waals surface area contributed by atoms with Crippen LogP contribution in [0.4, 0.5) is 0 Å². The normalized spacial score (nSPS) is 12.4. The van der Waals surface area contributed by atoms with Gasteiger partial charge < -0.3 is 5.32 Å². The molecule has 0 spiro atoms. The molecule has 2 N–H and O–H groups in total. The van der Waals surface area contributed by atoms with Gasteiger partial charge in [0.1, 0.15) is 0 Å². The van der Waals surface area contributed by atoms with E-state index in [1.54, 1.807) is 0 Å². The van der Waals surface area contributed by atoms with Crippen molar-refractivity contribution >= 4 is 5.91 Å². The number of rotatable bonds is 5. The summed E-state index contributed by atoms with van der Waals surface area (Å²) in [5.41, 5.74) is 0. The lowest BCUT2D eigenvalue weighted by molar-refractivity contribution is -0.124. The van der Waals surface area contributed by atoms with Gasteiger partial charge in [-0.05, 0) is 6.42 Å². The third kappa shape index (κ3) is 3.12. The lowest BCUT2D eigenvalue weighted by Crippen LogP contribution is -2.29. The lowest BCUT2D eigenvalue weighted by atomic mass is 10.1. The summed E-state index contributed by atoms with van der Waals surface area (Å²) in [6.45, 7) is 4.31. The molecule has 0 fully saturated rings. The Morgan fingerprint density at radius 1 is 1.64 bits per heavy atom. The smallest absolute Gasteiger partial charge is 0.223 e. The SMILES string of the molecule is CCCC(C)C(=O)NCc1nn[nH]n1. The number of amides is 1. The van der Waals surface area contributed by atoms with Crippen LogP contribution in [0.25, 0.3) is 0 Å². The van der Waals surface area contributed by atoms with Gasteiger partial charge in [-0.3, -0.25) is 4.79 Å². The second-order valence-electron chi connectivity index (χ2n) is 3.24. The van der Waals surface area contributed by atoms with Crippen LogP contribution in [0.15, 0.2) is 0 Å². The van der Waals surface area contributed by atoms with Crippen molar-refractivity contribution in [2.45, 2.75) is 33.2 Å². The molecule has 1 amide bonds. The summed E-state index contributed by atoms with van der Waals surface area (Å²) in [6.07, 6.45) is 1.91. The van der Waals surface area contributed by atoms with Crippen molar-refractivity contribution in [3.63, 3.8) is 0 Å². The largest absolute Gasteiger partial charge is 0.348 e. The van der Waals surface area contributed by atoms with E-state index in [-0.39, 0.29) is 11.8 Å². The first kappa shape index (κ1) is 10.6. The average molecular weight is 197 g/mol. The Balaban J connectivity index is 2.27. The quantitative estimate of drug-likeness (QED) is 0.708. The molecule has 0 aliphatic rings. The number of H-pyrrole nitrogens is 1. The molecular weight excluding hydrogens is 182 g/mol. The number of hydrogen-bond acceptors (Lipinski definition) is 4. The van der Waals surface area contributed by atoms with E-state index in [4.69, 9.17) is 0 Å². The summed E-state index contributed by atoms with van der Waals surface area (Å²) in [7, 11) is 0. The van der Waals surface area contributed by atoms with E-state index < -0.39 is 0 Å². The van der Waals surface area contributed by atoms with Crippen molar-refractivity contribution in [1.29, 1.82) is 0 Å². The molecule has 0 saturated heterocycles. The summed E-state index contributed by atoms with van der Waals surface area (Å²) in [6, 6.07) is 0. The first-order valence-electron chi connectivity index (χ1n) is 4.74. The fourth-order valence-corrected chi connectivity index (χ4v) is 1.16. The van der Waals surface area contributed by atoms with Crippen LogP contribution in [0.3, 0.4) is 0 Å². The summed E-state index contributed by atoms with van der Waals surface area (Å²) >= 11 is 0. The molecule has 78 valence electrons. The highest BCUT2D eigenvalue weighted by Gasteiger charge is 2.11. The van der Waals surface area contributed by atoms with Crippen LogP contribution < -0.4 is 5.32 Å². The van der Waals surface area contributed by atoms with Gasteiger partial charge in [0.25, 0.3) is 0 Å². The zero-order valence-electron chi connectivity index (χ0n) is 8.45. The summed E-state index contributed by atoms with van der Waals surface area (Å²) < 4.78 is 0. The van der Waals surface area contributed by atoms with Crippen molar-refractivity contribution < 1.29 is 4.79 Å². The molecule has 0 aliphatic heterocycles. The molecule has 0 bridgehead atoms. The van der Waals surface area contributed by atoms with E-state index in [1.807, 2.05) is 6.92 Å². The van der Waals surface area contributed by atoms with E-state index in [2.05, 4.69) is 32.9 Å². The predicted molar refractivity (Wildman–Crippen MR) is 50.1 cm³/mol. The number of aromatic amines is 1. The highest BCUT2D eigenvalue weighted by Crippen LogP contribution is 2.04. The number of carbonyl (C=O) groups is 1. The van der Waals surface area contributed by atoms with E-state index in [9.17, 15) is 4.79 Å². The number of carbonyl (C=O) groups excluding carboxylic acids is 1. The van der Waals surface area contributed by atoms with Crippen LogP contribution in [0, 0.1) is 5.92 Å². The van der Waals surface area contributed by atoms with E-state index in [1.165, 1.54) is 0 Å². The number of nitrogens with one attached hydrogen (secondary N) is 2. The van der Waals surface area contributed by atoms with Crippen molar-refractivity contribution in [1.82, 2.24) is 25.9 Å². The lowest BCUT2D eigenvalue weighted by Gasteiger charge is -2.08. The molecule has 6 heteroatoms. The maximum absolute atomic E-state index is 11.4. The van der Waals surface area contributed by atoms with Gasteiger partial charge in [-0.1, -0.05) is 25.5 Å². The minimum Gasteiger partial charge on any atom is -0.348 e. The maximum atomic E-state index is 11.4. The molecule has 1 rings (SSSR count). The molecule has 0 aliphatic carbocycles. The Kier molecular flexibility index (Phi) is 4.03. The van der Waals surface area contributed by atoms with Crippen molar-refractivity contribution in [2.75, 3.05) is 0 Å². The minimum absolute atomic E-state index is 0.0386. The predicted octanol–water partition coefficient (Wildman–Crippen LogP) is 0.252. The van der Waals surface area contributed by atoms with E-state index in [0.29, 0.717) is 12.4 Å². The fourth-order valence-electron chi connectivity index (χ4n) is 1.16. The first-order valence-corrected chi connectivity index (χ1v) is 4.74. The average Bonchev–Trinajstić information content (AvgIpc) is 2.67. The molecule has 0 saturated carbocycles. The first-order chi connectivity index (χ1) is 6.74. The van der Waals surface area contributed by atoms with Crippen LogP contribution in [0.2, 0.25) is 0 Å². The maximum Gasteiger partial charge on any atom is 0.223 e. The van der Waals surface area contributed by atoms with Crippen LogP contribution in [-0.4, -0.2) is 26.5 Å². The summed E-state index contributed by atoms with van der Waals surface area (Å²) in [4.78, 5) is 11.4. The molecule has 1 heterocycles. The molecule has 0 aromatic carbocycles. The van der Waals surface area contributed by atoms with Gasteiger partial charge in [0.05, 0.1) is 6.54 Å². The number of tetrazole rings is 1. The monoisotopic (exact) mass is 197 g/mol. The van der Waals surface area contributed by atoms with E-state index in [0.717, 1.165) is 12.8 Å². The fraction of sp³-hybridized carbons (Fsp3) is 0.750. The molecule has 1 atom stereocenters. The van der Waals surface area contributed by atoms with Gasteiger partial charge in [0, 0.05) is 5.92 Å². The van der Waals surface area contributed by atoms with Gasteiger partial charge in [-0.15, -0.1) is 10.2 Å². The zero-order valence-corrected chi connectivity index (χ0v) is 8.45. The Bertz CT molecular complexity index is 271. The molecular formula is C8H15N5O. The van der Waals surface area contributed by atoms with Crippen LogP contribution in [0.5, 0.6) is 0 Å². The standard InChI is InChI=1S/C8H15N5O/c1-3-4-6(2)8(14)9-5-7-10-12-13-11-7/h6H,3-5H2,1-2H3,(H,9,14)(H,10,11,12,13). The molecule has 14 heavy (non-hydrogen) atoms. The van der Waals surface area contributed by atoms with Crippen molar-refractivity contribution in [3.8, 4) is 0 Å². The Morgan fingerprint density at radius 2 is 2.43 bits per heavy atom. The topological polar surface area (TPSA) is 83.6 Å². The Morgan fingerprint density at radius 3 is 3.00 bits per heavy atom. The Hall–Kier alpha value is -1.46. The van der Waals surface area contributed by atoms with Crippen molar-refractivity contribution in [2.24, 2.45) is 5.92 Å². The highest BCUT2D eigenvalue weighted by atomic mass is 16.1. The van der Waals surface area contributed by atoms with Gasteiger partial charge in [-0.2, -0.15) is 5.21 Å². The second-order valence-corrected chi connectivity index (χ2v) is 3.24. The molecule has 1 aromatic rings. The third-order valence-electron chi connectivity index (χ3n) is 1.98. The second kappa shape index (κ2) is 5.31. The molecule has 1 aromatic heterocycles. The van der Waals surface area contributed by atoms with Gasteiger partial charge in [-0.25, -0.2) is 0 Å². The molecule has 6 nitrogen and oxygen atoms in total. The summed E-state index contributed by atoms with van der Waals surface area (Å²) in [5, 5.41) is 15.9. The molecule has 0 radical (unpaired) electrons. The van der Waals surface area contributed by atoms with Gasteiger partial charge in [0.15, 0.2) is 5.82 Å². The van der Waals surface area contributed by atoms with Crippen LogP contribution in [-0.2, 0) is 11.3 Å². The minimum atomic E-state index is 0.0386. The summed E-state index contributed by atoms with van der Waals surface area (Å²) in [5.74, 6) is 0.589. The number of hydrogen-bond donors (Lipinski definition) is 2. The number of aromatic nitrogens is 4. The zero-order chi connectivity index (χ0) is 10.4.